The molecular weight excluding hydrogens is 329 g/mol. The van der Waals surface area contributed by atoms with Crippen molar-refractivity contribution in [3.05, 3.63) is 41.7 Å². The van der Waals surface area contributed by atoms with E-state index in [4.69, 9.17) is 0 Å². The maximum absolute atomic E-state index is 12.8. The SMILES string of the molecule is CN(C)C(=O)[C@H](Sc1nnc(C(F)(F)F)n1C)c1ccccc1. The summed E-state index contributed by atoms with van der Waals surface area (Å²) in [4.78, 5) is 13.8. The number of thioether (sulfide) groups is 1. The monoisotopic (exact) mass is 344 g/mol. The van der Waals surface area contributed by atoms with E-state index in [2.05, 4.69) is 10.2 Å². The Hall–Kier alpha value is -2.03. The van der Waals surface area contributed by atoms with Gasteiger partial charge in [-0.05, 0) is 5.56 Å². The average Bonchev–Trinajstić information content (AvgIpc) is 2.86. The highest BCUT2D eigenvalue weighted by atomic mass is 32.2. The molecule has 1 atom stereocenters. The van der Waals surface area contributed by atoms with Crippen LogP contribution in [-0.4, -0.2) is 39.7 Å². The van der Waals surface area contributed by atoms with Gasteiger partial charge in [-0.25, -0.2) is 0 Å². The fourth-order valence-electron chi connectivity index (χ4n) is 1.89. The zero-order chi connectivity index (χ0) is 17.2. The number of aromatic nitrogens is 3. The lowest BCUT2D eigenvalue weighted by molar-refractivity contribution is -0.147. The Morgan fingerprint density at radius 3 is 2.30 bits per heavy atom. The minimum atomic E-state index is -4.59. The van der Waals surface area contributed by atoms with Crippen LogP contribution >= 0.6 is 11.8 Å². The van der Waals surface area contributed by atoms with Crippen LogP contribution in [0.1, 0.15) is 16.6 Å². The van der Waals surface area contributed by atoms with Crippen molar-refractivity contribution in [3.63, 3.8) is 0 Å². The number of likely N-dealkylation sites (N-methyl/N-ethyl adjacent to an activating group) is 1. The summed E-state index contributed by atoms with van der Waals surface area (Å²) in [5.74, 6) is -1.33. The Kier molecular flexibility index (Phi) is 4.98. The number of carbonyl (C=O) groups is 1. The van der Waals surface area contributed by atoms with Crippen molar-refractivity contribution in [3.8, 4) is 0 Å². The normalized spacial score (nSPS) is 13.0. The second kappa shape index (κ2) is 6.61. The molecule has 0 unspecified atom stereocenters. The minimum absolute atomic E-state index is 0.0291. The van der Waals surface area contributed by atoms with E-state index >= 15 is 0 Å². The summed E-state index contributed by atoms with van der Waals surface area (Å²) in [6.45, 7) is 0. The number of benzene rings is 1. The number of hydrogen-bond donors (Lipinski definition) is 0. The van der Waals surface area contributed by atoms with Crippen LogP contribution in [0.2, 0.25) is 0 Å². The number of rotatable bonds is 4. The third kappa shape index (κ3) is 3.84. The van der Waals surface area contributed by atoms with Crippen molar-refractivity contribution < 1.29 is 18.0 Å². The highest BCUT2D eigenvalue weighted by Gasteiger charge is 2.38. The van der Waals surface area contributed by atoms with Gasteiger partial charge in [0.25, 0.3) is 0 Å². The van der Waals surface area contributed by atoms with Crippen LogP contribution in [0.4, 0.5) is 13.2 Å². The van der Waals surface area contributed by atoms with Gasteiger partial charge in [0.05, 0.1) is 0 Å². The van der Waals surface area contributed by atoms with Crippen molar-refractivity contribution in [2.24, 2.45) is 7.05 Å². The summed E-state index contributed by atoms with van der Waals surface area (Å²) >= 11 is 0.940. The Morgan fingerprint density at radius 2 is 1.83 bits per heavy atom. The second-order valence-electron chi connectivity index (χ2n) is 5.00. The van der Waals surface area contributed by atoms with Gasteiger partial charge in [-0.15, -0.1) is 10.2 Å². The molecule has 124 valence electrons. The van der Waals surface area contributed by atoms with Gasteiger partial charge in [0.1, 0.15) is 5.25 Å². The lowest BCUT2D eigenvalue weighted by Gasteiger charge is -2.20. The Labute approximate surface area is 135 Å². The van der Waals surface area contributed by atoms with E-state index in [0.717, 1.165) is 16.3 Å². The first kappa shape index (κ1) is 17.3. The molecule has 1 aromatic heterocycles. The van der Waals surface area contributed by atoms with Gasteiger partial charge >= 0.3 is 6.18 Å². The molecule has 5 nitrogen and oxygen atoms in total. The smallest absolute Gasteiger partial charge is 0.348 e. The topological polar surface area (TPSA) is 51.0 Å². The summed E-state index contributed by atoms with van der Waals surface area (Å²) < 4.78 is 39.3. The van der Waals surface area contributed by atoms with Crippen LogP contribution in [0.25, 0.3) is 0 Å². The predicted octanol–water partition coefficient (Wildman–Crippen LogP) is 2.76. The summed E-state index contributed by atoms with van der Waals surface area (Å²) in [6, 6.07) is 8.84. The molecule has 2 aromatic rings. The van der Waals surface area contributed by atoms with Gasteiger partial charge in [-0.2, -0.15) is 13.2 Å². The van der Waals surface area contributed by atoms with Crippen molar-refractivity contribution in [2.75, 3.05) is 14.1 Å². The second-order valence-corrected chi connectivity index (χ2v) is 6.08. The summed E-state index contributed by atoms with van der Waals surface area (Å²) in [6.07, 6.45) is -4.59. The molecule has 1 aromatic carbocycles. The quantitative estimate of drug-likeness (QED) is 0.801. The van der Waals surface area contributed by atoms with Crippen molar-refractivity contribution >= 4 is 17.7 Å². The van der Waals surface area contributed by atoms with Crippen molar-refractivity contribution in [1.29, 1.82) is 0 Å². The number of nitrogens with zero attached hydrogens (tertiary/aromatic N) is 4. The predicted molar refractivity (Wildman–Crippen MR) is 79.7 cm³/mol. The van der Waals surface area contributed by atoms with Crippen LogP contribution in [0.5, 0.6) is 0 Å². The zero-order valence-corrected chi connectivity index (χ0v) is 13.5. The van der Waals surface area contributed by atoms with Gasteiger partial charge in [0, 0.05) is 21.1 Å². The summed E-state index contributed by atoms with van der Waals surface area (Å²) in [5, 5.41) is 6.08. The molecule has 23 heavy (non-hydrogen) atoms. The first-order valence-corrected chi connectivity index (χ1v) is 7.49. The van der Waals surface area contributed by atoms with Gasteiger partial charge in [0.15, 0.2) is 5.16 Å². The molecule has 0 bridgehead atoms. The third-order valence-electron chi connectivity index (χ3n) is 3.08. The van der Waals surface area contributed by atoms with E-state index in [1.54, 1.807) is 44.4 Å². The van der Waals surface area contributed by atoms with Crippen LogP contribution < -0.4 is 0 Å². The summed E-state index contributed by atoms with van der Waals surface area (Å²) in [7, 11) is 4.42. The van der Waals surface area contributed by atoms with Crippen molar-refractivity contribution in [2.45, 2.75) is 16.6 Å². The number of hydrogen-bond acceptors (Lipinski definition) is 4. The summed E-state index contributed by atoms with van der Waals surface area (Å²) in [5.41, 5.74) is 0.688. The fraction of sp³-hybridized carbons (Fsp3) is 0.357. The molecule has 0 fully saturated rings. The molecule has 0 radical (unpaired) electrons. The van der Waals surface area contributed by atoms with E-state index < -0.39 is 17.3 Å². The van der Waals surface area contributed by atoms with Crippen LogP contribution in [0.15, 0.2) is 35.5 Å². The van der Waals surface area contributed by atoms with E-state index in [9.17, 15) is 18.0 Å². The first-order valence-electron chi connectivity index (χ1n) is 6.61. The number of alkyl halides is 3. The Balaban J connectivity index is 2.36. The zero-order valence-electron chi connectivity index (χ0n) is 12.7. The highest BCUT2D eigenvalue weighted by Crippen LogP contribution is 2.37. The fourth-order valence-corrected chi connectivity index (χ4v) is 3.04. The highest BCUT2D eigenvalue weighted by molar-refractivity contribution is 8.00. The molecule has 0 saturated carbocycles. The van der Waals surface area contributed by atoms with E-state index in [1.165, 1.54) is 11.9 Å². The first-order chi connectivity index (χ1) is 10.7. The molecule has 2 rings (SSSR count). The maximum atomic E-state index is 12.8. The third-order valence-corrected chi connectivity index (χ3v) is 4.35. The number of carbonyl (C=O) groups excluding carboxylic acids is 1. The lowest BCUT2D eigenvalue weighted by Crippen LogP contribution is -2.27. The largest absolute Gasteiger partial charge is 0.451 e. The molecule has 1 amide bonds. The number of amides is 1. The van der Waals surface area contributed by atoms with Gasteiger partial charge in [-0.1, -0.05) is 42.1 Å². The number of halogens is 3. The molecule has 0 spiro atoms. The maximum Gasteiger partial charge on any atom is 0.451 e. The Morgan fingerprint density at radius 1 is 1.22 bits per heavy atom. The minimum Gasteiger partial charge on any atom is -0.348 e. The van der Waals surface area contributed by atoms with Crippen LogP contribution in [-0.2, 0) is 18.0 Å². The van der Waals surface area contributed by atoms with Gasteiger partial charge < -0.3 is 9.47 Å². The average molecular weight is 344 g/mol. The van der Waals surface area contributed by atoms with Crippen LogP contribution in [0.3, 0.4) is 0 Å². The van der Waals surface area contributed by atoms with Crippen molar-refractivity contribution in [1.82, 2.24) is 19.7 Å². The van der Waals surface area contributed by atoms with Crippen LogP contribution in [0, 0.1) is 0 Å². The molecule has 0 aliphatic heterocycles. The van der Waals surface area contributed by atoms with Gasteiger partial charge in [-0.3, -0.25) is 4.79 Å². The Bertz CT molecular complexity index is 685. The molecule has 0 aliphatic rings. The van der Waals surface area contributed by atoms with E-state index in [-0.39, 0.29) is 11.1 Å². The van der Waals surface area contributed by atoms with E-state index in [0.29, 0.717) is 5.56 Å². The standard InChI is InChI=1S/C14H15F3N4OS/c1-20(2)11(22)10(9-7-5-4-6-8-9)23-13-19-18-12(21(13)3)14(15,16)17/h4-8,10H,1-3H3/t10-/m1/s1. The molecular formula is C14H15F3N4OS. The lowest BCUT2D eigenvalue weighted by atomic mass is 10.1. The van der Waals surface area contributed by atoms with E-state index in [1.807, 2.05) is 0 Å². The molecule has 1 heterocycles. The molecule has 9 heteroatoms. The molecule has 0 aliphatic carbocycles. The van der Waals surface area contributed by atoms with Gasteiger partial charge in [0.2, 0.25) is 11.7 Å². The molecule has 0 N–H and O–H groups in total. The molecule has 0 saturated heterocycles.